The summed E-state index contributed by atoms with van der Waals surface area (Å²) < 4.78 is 12.9. The first-order chi connectivity index (χ1) is 9.12. The van der Waals surface area contributed by atoms with Gasteiger partial charge in [0, 0.05) is 12.6 Å². The SMILES string of the molecule is Cl.NC(=O)C12C[CH]CC(CC1)N2Cc1ccc(F)cc1. The minimum absolute atomic E-state index is 0. The monoisotopic (exact) mass is 297 g/mol. The summed E-state index contributed by atoms with van der Waals surface area (Å²) in [6.45, 7) is 0.668. The molecule has 2 heterocycles. The third kappa shape index (κ3) is 2.42. The molecule has 1 radical (unpaired) electrons. The molecule has 1 amide bonds. The van der Waals surface area contributed by atoms with Crippen molar-refractivity contribution in [2.45, 2.75) is 43.8 Å². The van der Waals surface area contributed by atoms with E-state index in [0.717, 1.165) is 31.2 Å². The highest BCUT2D eigenvalue weighted by Gasteiger charge is 2.52. The Labute approximate surface area is 124 Å². The predicted molar refractivity (Wildman–Crippen MR) is 77.7 cm³/mol. The Morgan fingerprint density at radius 2 is 2.10 bits per heavy atom. The molecule has 0 aliphatic carbocycles. The molecule has 2 aliphatic rings. The standard InChI is InChI=1S/C15H18FN2O.ClH/c16-12-5-3-11(4-6-12)10-18-13-2-1-8-15(18,9-7-13)14(17)19;/h1,3-6,13H,2,7-10H2,(H2,17,19);1H. The lowest BCUT2D eigenvalue weighted by molar-refractivity contribution is -0.131. The van der Waals surface area contributed by atoms with Crippen molar-refractivity contribution in [3.05, 3.63) is 42.1 Å². The number of hydrogen-bond donors (Lipinski definition) is 1. The average molecular weight is 298 g/mol. The van der Waals surface area contributed by atoms with Gasteiger partial charge in [-0.05, 0) is 49.8 Å². The van der Waals surface area contributed by atoms with Gasteiger partial charge >= 0.3 is 0 Å². The molecule has 2 unspecified atom stereocenters. The first-order valence-electron chi connectivity index (χ1n) is 6.74. The second-order valence-electron chi connectivity index (χ2n) is 5.57. The van der Waals surface area contributed by atoms with Crippen LogP contribution in [0.5, 0.6) is 0 Å². The summed E-state index contributed by atoms with van der Waals surface area (Å²) in [5.41, 5.74) is 6.16. The number of hydrogen-bond acceptors (Lipinski definition) is 2. The van der Waals surface area contributed by atoms with E-state index in [1.54, 1.807) is 12.1 Å². The van der Waals surface area contributed by atoms with Gasteiger partial charge in [-0.2, -0.15) is 0 Å². The third-order valence-electron chi connectivity index (χ3n) is 4.53. The van der Waals surface area contributed by atoms with Crippen LogP contribution < -0.4 is 5.73 Å². The maximum Gasteiger partial charge on any atom is 0.237 e. The van der Waals surface area contributed by atoms with E-state index in [-0.39, 0.29) is 24.1 Å². The van der Waals surface area contributed by atoms with Crippen LogP contribution in [-0.2, 0) is 11.3 Å². The first-order valence-corrected chi connectivity index (χ1v) is 6.74. The fourth-order valence-electron chi connectivity index (χ4n) is 3.47. The van der Waals surface area contributed by atoms with E-state index < -0.39 is 5.54 Å². The number of piperidine rings is 1. The second-order valence-corrected chi connectivity index (χ2v) is 5.57. The van der Waals surface area contributed by atoms with Crippen LogP contribution in [0, 0.1) is 12.2 Å². The van der Waals surface area contributed by atoms with E-state index in [2.05, 4.69) is 11.3 Å². The molecule has 20 heavy (non-hydrogen) atoms. The van der Waals surface area contributed by atoms with Crippen molar-refractivity contribution in [1.29, 1.82) is 0 Å². The Kier molecular flexibility index (Phi) is 4.35. The Hall–Kier alpha value is -1.13. The highest BCUT2D eigenvalue weighted by atomic mass is 35.5. The zero-order valence-electron chi connectivity index (χ0n) is 11.2. The topological polar surface area (TPSA) is 46.3 Å². The minimum Gasteiger partial charge on any atom is -0.368 e. The Morgan fingerprint density at radius 1 is 1.40 bits per heavy atom. The lowest BCUT2D eigenvalue weighted by Crippen LogP contribution is -2.57. The summed E-state index contributed by atoms with van der Waals surface area (Å²) in [6, 6.07) is 6.88. The highest BCUT2D eigenvalue weighted by Crippen LogP contribution is 2.44. The number of nitrogens with zero attached hydrogens (tertiary/aromatic N) is 1. The van der Waals surface area contributed by atoms with Gasteiger partial charge in [0.1, 0.15) is 11.4 Å². The lowest BCUT2D eigenvalue weighted by Gasteiger charge is -2.42. The second kappa shape index (κ2) is 5.70. The fourth-order valence-corrected chi connectivity index (χ4v) is 3.47. The number of fused-ring (bicyclic) bond motifs is 2. The molecule has 3 nitrogen and oxygen atoms in total. The zero-order valence-corrected chi connectivity index (χ0v) is 12.0. The van der Waals surface area contributed by atoms with Gasteiger partial charge in [0.05, 0.1) is 0 Å². The van der Waals surface area contributed by atoms with Crippen molar-refractivity contribution in [2.75, 3.05) is 0 Å². The Balaban J connectivity index is 0.00000147. The molecule has 0 spiro atoms. The smallest absolute Gasteiger partial charge is 0.237 e. The molecule has 0 saturated carbocycles. The van der Waals surface area contributed by atoms with Crippen LogP contribution >= 0.6 is 12.4 Å². The van der Waals surface area contributed by atoms with E-state index >= 15 is 0 Å². The summed E-state index contributed by atoms with van der Waals surface area (Å²) in [7, 11) is 0. The van der Waals surface area contributed by atoms with Crippen molar-refractivity contribution < 1.29 is 9.18 Å². The van der Waals surface area contributed by atoms with Gasteiger partial charge in [0.15, 0.2) is 0 Å². The molecule has 3 rings (SSSR count). The van der Waals surface area contributed by atoms with E-state index in [4.69, 9.17) is 5.73 Å². The summed E-state index contributed by atoms with van der Waals surface area (Å²) in [5.74, 6) is -0.462. The van der Waals surface area contributed by atoms with E-state index in [1.807, 2.05) is 0 Å². The van der Waals surface area contributed by atoms with Crippen LogP contribution in [-0.4, -0.2) is 22.4 Å². The molecule has 0 aromatic heterocycles. The van der Waals surface area contributed by atoms with Gasteiger partial charge in [-0.25, -0.2) is 4.39 Å². The molecule has 2 atom stereocenters. The fraction of sp³-hybridized carbons (Fsp3) is 0.467. The van der Waals surface area contributed by atoms with Crippen LogP contribution in [0.3, 0.4) is 0 Å². The molecular formula is C15H19ClFN2O. The van der Waals surface area contributed by atoms with Crippen LogP contribution in [0.1, 0.15) is 31.2 Å². The lowest BCUT2D eigenvalue weighted by atomic mass is 9.87. The third-order valence-corrected chi connectivity index (χ3v) is 4.53. The molecule has 2 N–H and O–H groups in total. The van der Waals surface area contributed by atoms with Gasteiger partial charge in [-0.1, -0.05) is 12.1 Å². The van der Waals surface area contributed by atoms with Gasteiger partial charge in [0.25, 0.3) is 0 Å². The minimum atomic E-state index is -0.517. The van der Waals surface area contributed by atoms with Crippen molar-refractivity contribution in [3.8, 4) is 0 Å². The van der Waals surface area contributed by atoms with Crippen molar-refractivity contribution in [3.63, 3.8) is 0 Å². The number of benzene rings is 1. The van der Waals surface area contributed by atoms with E-state index in [0.29, 0.717) is 12.6 Å². The number of nitrogens with two attached hydrogens (primary N) is 1. The van der Waals surface area contributed by atoms with E-state index in [9.17, 15) is 9.18 Å². The molecule has 1 aromatic rings. The van der Waals surface area contributed by atoms with Crippen LogP contribution in [0.25, 0.3) is 0 Å². The summed E-state index contributed by atoms with van der Waals surface area (Å²) >= 11 is 0. The molecule has 2 aliphatic heterocycles. The van der Waals surface area contributed by atoms with E-state index in [1.165, 1.54) is 12.1 Å². The molecule has 2 saturated heterocycles. The van der Waals surface area contributed by atoms with Gasteiger partial charge in [0.2, 0.25) is 5.91 Å². The molecule has 5 heteroatoms. The van der Waals surface area contributed by atoms with Gasteiger partial charge in [-0.3, -0.25) is 9.69 Å². The maximum atomic E-state index is 12.9. The maximum absolute atomic E-state index is 12.9. The van der Waals surface area contributed by atoms with Crippen LogP contribution in [0.15, 0.2) is 24.3 Å². The highest BCUT2D eigenvalue weighted by molar-refractivity contribution is 5.85. The molecular weight excluding hydrogens is 279 g/mol. The number of carbonyl (C=O) groups excluding carboxylic acids is 1. The molecule has 109 valence electrons. The normalized spacial score (nSPS) is 28.9. The van der Waals surface area contributed by atoms with Crippen molar-refractivity contribution >= 4 is 18.3 Å². The van der Waals surface area contributed by atoms with Crippen LogP contribution in [0.2, 0.25) is 0 Å². The largest absolute Gasteiger partial charge is 0.368 e. The number of halogens is 2. The Morgan fingerprint density at radius 3 is 2.75 bits per heavy atom. The predicted octanol–water partition coefficient (Wildman–Crippen LogP) is 2.43. The first kappa shape index (κ1) is 15.3. The summed E-state index contributed by atoms with van der Waals surface area (Å²) in [5, 5.41) is 0. The van der Waals surface area contributed by atoms with Gasteiger partial charge < -0.3 is 5.73 Å². The number of rotatable bonds is 3. The van der Waals surface area contributed by atoms with Crippen molar-refractivity contribution in [1.82, 2.24) is 4.90 Å². The number of primary amides is 1. The van der Waals surface area contributed by atoms with Crippen LogP contribution in [0.4, 0.5) is 4.39 Å². The molecule has 2 bridgehead atoms. The summed E-state index contributed by atoms with van der Waals surface area (Å²) in [4.78, 5) is 14.1. The average Bonchev–Trinajstić information content (AvgIpc) is 2.60. The van der Waals surface area contributed by atoms with Gasteiger partial charge in [-0.15, -0.1) is 12.4 Å². The van der Waals surface area contributed by atoms with Crippen molar-refractivity contribution in [2.24, 2.45) is 5.73 Å². The molecule has 1 aromatic carbocycles. The number of carbonyl (C=O) groups is 1. The quantitative estimate of drug-likeness (QED) is 0.931. The molecule has 2 fully saturated rings. The zero-order chi connectivity index (χ0) is 13.5. The Bertz CT molecular complexity index is 489. The summed E-state index contributed by atoms with van der Waals surface area (Å²) in [6.07, 6.45) is 5.78. The number of amides is 1.